The summed E-state index contributed by atoms with van der Waals surface area (Å²) in [4.78, 5) is 12.0. The van der Waals surface area contributed by atoms with E-state index in [4.69, 9.17) is 0 Å². The van der Waals surface area contributed by atoms with Crippen LogP contribution in [0.5, 0.6) is 0 Å². The highest BCUT2D eigenvalue weighted by Gasteiger charge is 2.09. The minimum atomic E-state index is -0.0751. The number of carbonyl (C=O) groups excluding carboxylic acids is 1. The Morgan fingerprint density at radius 3 is 3.06 bits per heavy atom. The van der Waals surface area contributed by atoms with E-state index < -0.39 is 0 Å². The Kier molecular flexibility index (Phi) is 4.09. The maximum absolute atomic E-state index is 12.0. The second-order valence-electron chi connectivity index (χ2n) is 3.83. The molecule has 2 rings (SSSR count). The second kappa shape index (κ2) is 5.77. The first-order chi connectivity index (χ1) is 8.68. The molecule has 0 atom stereocenters. The molecule has 94 valence electrons. The lowest BCUT2D eigenvalue weighted by Crippen LogP contribution is -2.28. The predicted octanol–water partition coefficient (Wildman–Crippen LogP) is 1.78. The Morgan fingerprint density at radius 2 is 2.33 bits per heavy atom. The Labute approximate surface area is 113 Å². The average Bonchev–Trinajstić information content (AvgIpc) is 2.85. The third-order valence-electron chi connectivity index (χ3n) is 2.61. The van der Waals surface area contributed by atoms with Gasteiger partial charge in [-0.3, -0.25) is 9.48 Å². The van der Waals surface area contributed by atoms with Crippen LogP contribution in [-0.2, 0) is 6.54 Å². The summed E-state index contributed by atoms with van der Waals surface area (Å²) in [5.74, 6) is -0.0751. The number of nitrogens with zero attached hydrogens (tertiary/aromatic N) is 3. The van der Waals surface area contributed by atoms with Gasteiger partial charge >= 0.3 is 0 Å². The number of benzene rings is 1. The summed E-state index contributed by atoms with van der Waals surface area (Å²) in [5.41, 5.74) is 1.62. The average molecular weight is 309 g/mol. The molecule has 1 amide bonds. The molecule has 0 saturated heterocycles. The molecule has 0 bridgehead atoms. The monoisotopic (exact) mass is 308 g/mol. The molecular weight excluding hydrogens is 296 g/mol. The van der Waals surface area contributed by atoms with Gasteiger partial charge in [0.25, 0.3) is 5.91 Å². The number of amides is 1. The van der Waals surface area contributed by atoms with Crippen molar-refractivity contribution in [3.8, 4) is 0 Å². The maximum atomic E-state index is 12.0. The van der Waals surface area contributed by atoms with Crippen LogP contribution in [0.3, 0.4) is 0 Å². The van der Waals surface area contributed by atoms with Crippen molar-refractivity contribution in [1.29, 1.82) is 0 Å². The quantitative estimate of drug-likeness (QED) is 0.936. The lowest BCUT2D eigenvalue weighted by Gasteiger charge is -2.08. The summed E-state index contributed by atoms with van der Waals surface area (Å²) < 4.78 is 2.61. The molecule has 0 aliphatic heterocycles. The predicted molar refractivity (Wildman–Crippen MR) is 71.2 cm³/mol. The number of hydrogen-bond acceptors (Lipinski definition) is 3. The van der Waals surface area contributed by atoms with Crippen molar-refractivity contribution in [2.75, 3.05) is 6.54 Å². The highest BCUT2D eigenvalue weighted by atomic mass is 79.9. The van der Waals surface area contributed by atoms with Crippen LogP contribution in [0.2, 0.25) is 0 Å². The first-order valence-electron chi connectivity index (χ1n) is 5.56. The number of halogens is 1. The van der Waals surface area contributed by atoms with Gasteiger partial charge < -0.3 is 5.32 Å². The van der Waals surface area contributed by atoms with Crippen LogP contribution in [-0.4, -0.2) is 27.4 Å². The van der Waals surface area contributed by atoms with Crippen molar-refractivity contribution in [3.63, 3.8) is 0 Å². The largest absolute Gasteiger partial charge is 0.350 e. The van der Waals surface area contributed by atoms with Gasteiger partial charge in [0.05, 0.1) is 12.7 Å². The van der Waals surface area contributed by atoms with E-state index >= 15 is 0 Å². The molecule has 1 aromatic heterocycles. The zero-order chi connectivity index (χ0) is 13.0. The molecule has 1 aromatic carbocycles. The molecule has 18 heavy (non-hydrogen) atoms. The van der Waals surface area contributed by atoms with Gasteiger partial charge in [0.2, 0.25) is 0 Å². The Morgan fingerprint density at radius 1 is 1.50 bits per heavy atom. The number of carbonyl (C=O) groups is 1. The smallest absolute Gasteiger partial charge is 0.251 e. The summed E-state index contributed by atoms with van der Waals surface area (Å²) in [5, 5.41) is 10.4. The zero-order valence-corrected chi connectivity index (χ0v) is 11.5. The van der Waals surface area contributed by atoms with E-state index in [2.05, 4.69) is 31.6 Å². The van der Waals surface area contributed by atoms with E-state index in [9.17, 15) is 4.79 Å². The van der Waals surface area contributed by atoms with E-state index in [0.29, 0.717) is 18.7 Å². The topological polar surface area (TPSA) is 59.8 Å². The first kappa shape index (κ1) is 12.8. The highest BCUT2D eigenvalue weighted by molar-refractivity contribution is 9.10. The van der Waals surface area contributed by atoms with Gasteiger partial charge in [-0.15, -0.1) is 5.10 Å². The van der Waals surface area contributed by atoms with Crippen LogP contribution in [0.15, 0.2) is 35.1 Å². The van der Waals surface area contributed by atoms with Crippen molar-refractivity contribution < 1.29 is 4.79 Å². The number of hydrogen-bond donors (Lipinski definition) is 1. The Bertz CT molecular complexity index is 539. The minimum absolute atomic E-state index is 0.0751. The molecule has 0 aliphatic carbocycles. The lowest BCUT2D eigenvalue weighted by molar-refractivity contribution is 0.0951. The van der Waals surface area contributed by atoms with Crippen molar-refractivity contribution in [2.45, 2.75) is 13.5 Å². The first-order valence-corrected chi connectivity index (χ1v) is 6.35. The van der Waals surface area contributed by atoms with Crippen LogP contribution < -0.4 is 5.32 Å². The molecule has 2 aromatic rings. The van der Waals surface area contributed by atoms with E-state index in [0.717, 1.165) is 10.0 Å². The molecule has 0 aliphatic rings. The fourth-order valence-electron chi connectivity index (χ4n) is 1.58. The van der Waals surface area contributed by atoms with E-state index in [-0.39, 0.29) is 5.91 Å². The standard InChI is InChI=1S/C12H13BrN4O/c1-9-10(3-2-4-11(9)13)12(18)14-5-7-17-8-6-15-16-17/h2-4,6,8H,5,7H2,1H3,(H,14,18). The third kappa shape index (κ3) is 2.95. The van der Waals surface area contributed by atoms with Crippen molar-refractivity contribution in [3.05, 3.63) is 46.2 Å². The molecular formula is C12H13BrN4O. The molecule has 1 heterocycles. The zero-order valence-electron chi connectivity index (χ0n) is 9.93. The minimum Gasteiger partial charge on any atom is -0.350 e. The van der Waals surface area contributed by atoms with Crippen molar-refractivity contribution in [1.82, 2.24) is 20.3 Å². The van der Waals surface area contributed by atoms with E-state index in [1.165, 1.54) is 0 Å². The van der Waals surface area contributed by atoms with E-state index in [1.54, 1.807) is 17.1 Å². The van der Waals surface area contributed by atoms with Crippen LogP contribution in [0.25, 0.3) is 0 Å². The van der Waals surface area contributed by atoms with E-state index in [1.807, 2.05) is 25.1 Å². The van der Waals surface area contributed by atoms with Gasteiger partial charge in [-0.2, -0.15) is 0 Å². The fourth-order valence-corrected chi connectivity index (χ4v) is 1.95. The number of rotatable bonds is 4. The normalized spacial score (nSPS) is 10.3. The summed E-state index contributed by atoms with van der Waals surface area (Å²) in [6.45, 7) is 3.04. The molecule has 1 N–H and O–H groups in total. The third-order valence-corrected chi connectivity index (χ3v) is 3.47. The van der Waals surface area contributed by atoms with Crippen LogP contribution in [0.1, 0.15) is 15.9 Å². The van der Waals surface area contributed by atoms with Gasteiger partial charge in [0.1, 0.15) is 0 Å². The molecule has 0 radical (unpaired) electrons. The summed E-state index contributed by atoms with van der Waals surface area (Å²) in [7, 11) is 0. The maximum Gasteiger partial charge on any atom is 0.251 e. The molecule has 0 saturated carbocycles. The molecule has 0 spiro atoms. The van der Waals surface area contributed by atoms with Crippen molar-refractivity contribution >= 4 is 21.8 Å². The van der Waals surface area contributed by atoms with Gasteiger partial charge in [-0.25, -0.2) is 0 Å². The summed E-state index contributed by atoms with van der Waals surface area (Å²) >= 11 is 3.41. The molecule has 0 unspecified atom stereocenters. The summed E-state index contributed by atoms with van der Waals surface area (Å²) in [6.07, 6.45) is 3.37. The van der Waals surface area contributed by atoms with Gasteiger partial charge in [0, 0.05) is 22.8 Å². The highest BCUT2D eigenvalue weighted by Crippen LogP contribution is 2.19. The number of nitrogens with one attached hydrogen (secondary N) is 1. The molecule has 0 fully saturated rings. The van der Waals surface area contributed by atoms with Gasteiger partial charge in [0.15, 0.2) is 0 Å². The molecule has 6 heteroatoms. The van der Waals surface area contributed by atoms with Crippen LogP contribution in [0, 0.1) is 6.92 Å². The fraction of sp³-hybridized carbons (Fsp3) is 0.250. The molecule has 5 nitrogen and oxygen atoms in total. The van der Waals surface area contributed by atoms with Gasteiger partial charge in [-0.1, -0.05) is 27.2 Å². The second-order valence-corrected chi connectivity index (χ2v) is 4.69. The van der Waals surface area contributed by atoms with Crippen LogP contribution in [0.4, 0.5) is 0 Å². The van der Waals surface area contributed by atoms with Gasteiger partial charge in [-0.05, 0) is 24.6 Å². The summed E-state index contributed by atoms with van der Waals surface area (Å²) in [6, 6.07) is 5.58. The SMILES string of the molecule is Cc1c(Br)cccc1C(=O)NCCn1ccnn1. The lowest BCUT2D eigenvalue weighted by atomic mass is 10.1. The number of aromatic nitrogens is 3. The van der Waals surface area contributed by atoms with Crippen molar-refractivity contribution in [2.24, 2.45) is 0 Å². The Hall–Kier alpha value is -1.69. The Balaban J connectivity index is 1.93. The van der Waals surface area contributed by atoms with Crippen LogP contribution >= 0.6 is 15.9 Å².